The molecule has 0 radical (unpaired) electrons. The van der Waals surface area contributed by atoms with Crippen LogP contribution in [0.25, 0.3) is 10.8 Å². The third-order valence-corrected chi connectivity index (χ3v) is 3.71. The van der Waals surface area contributed by atoms with Crippen molar-refractivity contribution in [2.24, 2.45) is 0 Å². The van der Waals surface area contributed by atoms with Crippen LogP contribution in [0.4, 0.5) is 0 Å². The summed E-state index contributed by atoms with van der Waals surface area (Å²) in [6, 6.07) is 14.8. The third kappa shape index (κ3) is 1.65. The highest BCUT2D eigenvalue weighted by molar-refractivity contribution is 5.86. The molecule has 0 aliphatic carbocycles. The molecule has 17 heavy (non-hydrogen) atoms. The summed E-state index contributed by atoms with van der Waals surface area (Å²) in [4.78, 5) is 0. The zero-order chi connectivity index (χ0) is 11.7. The Morgan fingerprint density at radius 3 is 2.53 bits per heavy atom. The number of fused-ring (bicyclic) bond motifs is 1. The Morgan fingerprint density at radius 2 is 1.82 bits per heavy atom. The van der Waals surface area contributed by atoms with Gasteiger partial charge in [-0.1, -0.05) is 42.5 Å². The molecule has 0 unspecified atom stereocenters. The number of ether oxygens (including phenoxy) is 1. The second-order valence-corrected chi connectivity index (χ2v) is 4.77. The quantitative estimate of drug-likeness (QED) is 0.874. The van der Waals surface area contributed by atoms with Gasteiger partial charge in [-0.05, 0) is 22.8 Å². The van der Waals surface area contributed by atoms with Crippen molar-refractivity contribution >= 4 is 10.8 Å². The molecule has 2 nitrogen and oxygen atoms in total. The van der Waals surface area contributed by atoms with Crippen molar-refractivity contribution in [2.45, 2.75) is 11.8 Å². The lowest BCUT2D eigenvalue weighted by atomic mass is 9.74. The summed E-state index contributed by atoms with van der Waals surface area (Å²) >= 11 is 0. The summed E-state index contributed by atoms with van der Waals surface area (Å²) in [6.07, 6.45) is 0.779. The summed E-state index contributed by atoms with van der Waals surface area (Å²) in [5, 5.41) is 11.8. The first-order chi connectivity index (χ1) is 8.36. The average Bonchev–Trinajstić information content (AvgIpc) is 2.33. The third-order valence-electron chi connectivity index (χ3n) is 3.71. The number of hydrogen-bond acceptors (Lipinski definition) is 2. The Balaban J connectivity index is 2.16. The van der Waals surface area contributed by atoms with Crippen molar-refractivity contribution < 1.29 is 9.84 Å². The molecule has 2 aromatic rings. The minimum atomic E-state index is 0.0234. The number of aliphatic hydroxyl groups excluding tert-OH is 1. The van der Waals surface area contributed by atoms with Gasteiger partial charge in [0.25, 0.3) is 0 Å². The van der Waals surface area contributed by atoms with Crippen LogP contribution in [0, 0.1) is 0 Å². The van der Waals surface area contributed by atoms with Gasteiger partial charge < -0.3 is 9.84 Å². The van der Waals surface area contributed by atoms with E-state index in [0.29, 0.717) is 0 Å². The van der Waals surface area contributed by atoms with Crippen LogP contribution in [0.1, 0.15) is 12.0 Å². The van der Waals surface area contributed by atoms with E-state index in [2.05, 4.69) is 42.5 Å². The molecule has 3 rings (SSSR count). The Bertz CT molecular complexity index is 524. The van der Waals surface area contributed by atoms with Crippen LogP contribution in [-0.4, -0.2) is 24.9 Å². The first-order valence-electron chi connectivity index (χ1n) is 6.03. The highest BCUT2D eigenvalue weighted by atomic mass is 16.5. The van der Waals surface area contributed by atoms with E-state index in [1.807, 2.05) is 0 Å². The summed E-state index contributed by atoms with van der Waals surface area (Å²) < 4.78 is 5.38. The van der Waals surface area contributed by atoms with Crippen LogP contribution >= 0.6 is 0 Å². The van der Waals surface area contributed by atoms with Crippen LogP contribution in [0.15, 0.2) is 42.5 Å². The van der Waals surface area contributed by atoms with Gasteiger partial charge in [0, 0.05) is 12.0 Å². The molecule has 0 saturated carbocycles. The monoisotopic (exact) mass is 228 g/mol. The molecule has 2 aromatic carbocycles. The molecule has 1 aliphatic heterocycles. The van der Waals surface area contributed by atoms with Gasteiger partial charge in [0.1, 0.15) is 0 Å². The van der Waals surface area contributed by atoms with Crippen LogP contribution < -0.4 is 0 Å². The molecule has 0 atom stereocenters. The van der Waals surface area contributed by atoms with Gasteiger partial charge >= 0.3 is 0 Å². The fourth-order valence-corrected chi connectivity index (χ4v) is 2.68. The topological polar surface area (TPSA) is 29.5 Å². The molecular weight excluding hydrogens is 212 g/mol. The van der Waals surface area contributed by atoms with Crippen molar-refractivity contribution in [3.05, 3.63) is 48.0 Å². The van der Waals surface area contributed by atoms with Crippen molar-refractivity contribution in [3.8, 4) is 0 Å². The first-order valence-corrected chi connectivity index (χ1v) is 6.03. The molecule has 1 N–H and O–H groups in total. The van der Waals surface area contributed by atoms with Gasteiger partial charge in [-0.2, -0.15) is 0 Å². The molecule has 88 valence electrons. The SMILES string of the molecule is OCCC1(c2cccc3ccccc23)COC1. The molecule has 0 bridgehead atoms. The molecule has 1 saturated heterocycles. The minimum absolute atomic E-state index is 0.0234. The maximum atomic E-state index is 9.24. The molecule has 1 aliphatic rings. The fraction of sp³-hybridized carbons (Fsp3) is 0.333. The fourth-order valence-electron chi connectivity index (χ4n) is 2.68. The van der Waals surface area contributed by atoms with Crippen molar-refractivity contribution in [2.75, 3.05) is 19.8 Å². The lowest BCUT2D eigenvalue weighted by Crippen LogP contribution is -2.47. The molecule has 0 aromatic heterocycles. The van der Waals surface area contributed by atoms with Crippen molar-refractivity contribution in [1.29, 1.82) is 0 Å². The predicted octanol–water partition coefficient (Wildman–Crippen LogP) is 2.49. The smallest absolute Gasteiger partial charge is 0.0586 e. The number of rotatable bonds is 3. The zero-order valence-corrected chi connectivity index (χ0v) is 9.73. The Morgan fingerprint density at radius 1 is 1.06 bits per heavy atom. The molecular formula is C15H16O2. The van der Waals surface area contributed by atoms with Crippen molar-refractivity contribution in [3.63, 3.8) is 0 Å². The molecule has 0 spiro atoms. The van der Waals surface area contributed by atoms with Crippen LogP contribution in [-0.2, 0) is 10.2 Å². The highest BCUT2D eigenvalue weighted by Gasteiger charge is 2.40. The molecule has 0 amide bonds. The van der Waals surface area contributed by atoms with E-state index in [4.69, 9.17) is 4.74 Å². The number of benzene rings is 2. The standard InChI is InChI=1S/C15H16O2/c16-9-8-15(10-17-11-15)14-7-3-5-12-4-1-2-6-13(12)14/h1-7,16H,8-11H2. The van der Waals surface area contributed by atoms with E-state index in [0.717, 1.165) is 19.6 Å². The van der Waals surface area contributed by atoms with Gasteiger partial charge in [0.2, 0.25) is 0 Å². The van der Waals surface area contributed by atoms with E-state index in [1.54, 1.807) is 0 Å². The lowest BCUT2D eigenvalue weighted by Gasteiger charge is -2.42. The van der Waals surface area contributed by atoms with Crippen LogP contribution in [0.3, 0.4) is 0 Å². The second-order valence-electron chi connectivity index (χ2n) is 4.77. The van der Waals surface area contributed by atoms with Crippen LogP contribution in [0.2, 0.25) is 0 Å². The maximum Gasteiger partial charge on any atom is 0.0586 e. The number of hydrogen-bond donors (Lipinski definition) is 1. The van der Waals surface area contributed by atoms with E-state index < -0.39 is 0 Å². The minimum Gasteiger partial charge on any atom is -0.396 e. The number of aliphatic hydroxyl groups is 1. The molecule has 2 heteroatoms. The summed E-state index contributed by atoms with van der Waals surface area (Å²) in [6.45, 7) is 1.66. The average molecular weight is 228 g/mol. The Labute approximate surface area is 101 Å². The van der Waals surface area contributed by atoms with E-state index in [9.17, 15) is 5.11 Å². The molecule has 1 fully saturated rings. The zero-order valence-electron chi connectivity index (χ0n) is 9.73. The van der Waals surface area contributed by atoms with E-state index in [1.165, 1.54) is 16.3 Å². The van der Waals surface area contributed by atoms with Gasteiger partial charge in [-0.25, -0.2) is 0 Å². The summed E-state index contributed by atoms with van der Waals surface area (Å²) in [7, 11) is 0. The molecule has 1 heterocycles. The van der Waals surface area contributed by atoms with Gasteiger partial charge in [0.15, 0.2) is 0 Å². The van der Waals surface area contributed by atoms with E-state index in [-0.39, 0.29) is 12.0 Å². The van der Waals surface area contributed by atoms with Crippen LogP contribution in [0.5, 0.6) is 0 Å². The first kappa shape index (κ1) is 10.8. The normalized spacial score (nSPS) is 17.9. The largest absolute Gasteiger partial charge is 0.396 e. The maximum absolute atomic E-state index is 9.24. The lowest BCUT2D eigenvalue weighted by molar-refractivity contribution is -0.0693. The highest BCUT2D eigenvalue weighted by Crippen LogP contribution is 2.39. The van der Waals surface area contributed by atoms with Gasteiger partial charge in [-0.3, -0.25) is 0 Å². The van der Waals surface area contributed by atoms with Gasteiger partial charge in [0.05, 0.1) is 13.2 Å². The Hall–Kier alpha value is -1.38. The Kier molecular flexibility index (Phi) is 2.61. The van der Waals surface area contributed by atoms with Crippen molar-refractivity contribution in [1.82, 2.24) is 0 Å². The van der Waals surface area contributed by atoms with E-state index >= 15 is 0 Å². The summed E-state index contributed by atoms with van der Waals surface area (Å²) in [5.41, 5.74) is 1.34. The second kappa shape index (κ2) is 4.13. The predicted molar refractivity (Wildman–Crippen MR) is 68.1 cm³/mol. The van der Waals surface area contributed by atoms with Gasteiger partial charge in [-0.15, -0.1) is 0 Å². The summed E-state index contributed by atoms with van der Waals surface area (Å²) in [5.74, 6) is 0.